The minimum atomic E-state index is -4.18. The highest BCUT2D eigenvalue weighted by Gasteiger charge is 2.45. The van der Waals surface area contributed by atoms with Crippen molar-refractivity contribution in [3.05, 3.63) is 27.1 Å². The van der Waals surface area contributed by atoms with Gasteiger partial charge in [-0.3, -0.25) is 10.1 Å². The second kappa shape index (κ2) is 6.09. The second-order valence-electron chi connectivity index (χ2n) is 4.97. The number of nitro groups is 1. The number of hydrogen-bond acceptors (Lipinski definition) is 4. The topological polar surface area (TPSA) is 55.2 Å². The van der Waals surface area contributed by atoms with Crippen molar-refractivity contribution in [2.24, 2.45) is 5.92 Å². The third kappa shape index (κ3) is 3.69. The first-order chi connectivity index (χ1) is 9.38. The Hall–Kier alpha value is -1.15. The Kier molecular flexibility index (Phi) is 4.64. The fraction of sp³-hybridized carbons (Fsp3) is 0.667. The summed E-state index contributed by atoms with van der Waals surface area (Å²) in [5.74, 6) is -1.31. The number of alkyl halides is 3. The lowest BCUT2D eigenvalue weighted by Gasteiger charge is -2.33. The molecule has 1 aliphatic carbocycles. The Bertz CT molecular complexity index is 476. The van der Waals surface area contributed by atoms with Crippen LogP contribution in [0.1, 0.15) is 31.2 Å². The number of thiophene rings is 1. The monoisotopic (exact) mass is 308 g/mol. The normalized spacial score (nSPS) is 23.8. The molecule has 0 radical (unpaired) electrons. The molecule has 0 spiro atoms. The molecule has 2 atom stereocenters. The van der Waals surface area contributed by atoms with Crippen molar-refractivity contribution in [2.45, 2.75) is 44.4 Å². The summed E-state index contributed by atoms with van der Waals surface area (Å²) in [5, 5.41) is 15.1. The van der Waals surface area contributed by atoms with E-state index in [1.807, 2.05) is 0 Å². The Morgan fingerprint density at radius 1 is 1.40 bits per heavy atom. The molecule has 112 valence electrons. The lowest BCUT2D eigenvalue weighted by Crippen LogP contribution is -2.45. The van der Waals surface area contributed by atoms with Gasteiger partial charge < -0.3 is 5.32 Å². The zero-order valence-electron chi connectivity index (χ0n) is 10.7. The van der Waals surface area contributed by atoms with Crippen molar-refractivity contribution in [2.75, 3.05) is 0 Å². The van der Waals surface area contributed by atoms with Gasteiger partial charge in [-0.05, 0) is 18.4 Å². The Morgan fingerprint density at radius 2 is 2.10 bits per heavy atom. The van der Waals surface area contributed by atoms with Gasteiger partial charge in [0.15, 0.2) is 0 Å². The lowest BCUT2D eigenvalue weighted by atomic mass is 9.84. The molecule has 0 bridgehead atoms. The third-order valence-corrected chi connectivity index (χ3v) is 4.50. The molecule has 1 aliphatic rings. The van der Waals surface area contributed by atoms with Gasteiger partial charge in [-0.2, -0.15) is 13.2 Å². The first kappa shape index (κ1) is 15.2. The molecule has 0 amide bonds. The molecule has 20 heavy (non-hydrogen) atoms. The summed E-state index contributed by atoms with van der Waals surface area (Å²) in [5.41, 5.74) is 0.660. The van der Waals surface area contributed by atoms with Gasteiger partial charge in [-0.25, -0.2) is 0 Å². The van der Waals surface area contributed by atoms with Crippen LogP contribution in [0, 0.1) is 16.0 Å². The first-order valence-electron chi connectivity index (χ1n) is 6.40. The van der Waals surface area contributed by atoms with Gasteiger partial charge >= 0.3 is 11.2 Å². The van der Waals surface area contributed by atoms with Crippen LogP contribution in [0.3, 0.4) is 0 Å². The highest BCUT2D eigenvalue weighted by molar-refractivity contribution is 7.13. The Balaban J connectivity index is 1.95. The van der Waals surface area contributed by atoms with Gasteiger partial charge in [0.05, 0.1) is 10.8 Å². The zero-order valence-corrected chi connectivity index (χ0v) is 11.5. The van der Waals surface area contributed by atoms with E-state index in [-0.39, 0.29) is 18.0 Å². The molecule has 4 nitrogen and oxygen atoms in total. The molecule has 1 fully saturated rings. The molecule has 1 aromatic rings. The predicted octanol–water partition coefficient (Wildman–Crippen LogP) is 3.87. The lowest BCUT2D eigenvalue weighted by molar-refractivity contribution is -0.380. The number of nitrogens with zero attached hydrogens (tertiary/aromatic N) is 1. The maximum Gasteiger partial charge on any atom is 0.393 e. The van der Waals surface area contributed by atoms with E-state index in [1.54, 1.807) is 5.38 Å². The van der Waals surface area contributed by atoms with Gasteiger partial charge in [-0.1, -0.05) is 24.2 Å². The van der Waals surface area contributed by atoms with Gasteiger partial charge in [0.2, 0.25) is 0 Å². The SMILES string of the molecule is O=[N+]([O-])c1cc(CNC2CCCCC2C(F)(F)F)cs1. The summed E-state index contributed by atoms with van der Waals surface area (Å²) in [6, 6.07) is 0.811. The van der Waals surface area contributed by atoms with Crippen LogP contribution < -0.4 is 5.32 Å². The molecule has 1 aromatic heterocycles. The molecule has 0 aliphatic heterocycles. The first-order valence-corrected chi connectivity index (χ1v) is 7.28. The van der Waals surface area contributed by atoms with Crippen molar-refractivity contribution < 1.29 is 18.1 Å². The van der Waals surface area contributed by atoms with E-state index < -0.39 is 23.1 Å². The van der Waals surface area contributed by atoms with Gasteiger partial charge in [-0.15, -0.1) is 0 Å². The highest BCUT2D eigenvalue weighted by Crippen LogP contribution is 2.37. The summed E-state index contributed by atoms with van der Waals surface area (Å²) < 4.78 is 38.7. The Labute approximate surface area is 118 Å². The van der Waals surface area contributed by atoms with Crippen LogP contribution >= 0.6 is 11.3 Å². The molecule has 1 saturated carbocycles. The quantitative estimate of drug-likeness (QED) is 0.678. The largest absolute Gasteiger partial charge is 0.393 e. The van der Waals surface area contributed by atoms with Gasteiger partial charge in [0.1, 0.15) is 0 Å². The molecule has 1 N–H and O–H groups in total. The van der Waals surface area contributed by atoms with Gasteiger partial charge in [0.25, 0.3) is 0 Å². The van der Waals surface area contributed by atoms with Crippen molar-refractivity contribution >= 4 is 16.3 Å². The van der Waals surface area contributed by atoms with Crippen LogP contribution in [0.15, 0.2) is 11.4 Å². The Morgan fingerprint density at radius 3 is 2.70 bits per heavy atom. The number of rotatable bonds is 4. The van der Waals surface area contributed by atoms with Crippen LogP contribution in [0.25, 0.3) is 0 Å². The summed E-state index contributed by atoms with van der Waals surface area (Å²) in [6.45, 7) is 0.238. The van der Waals surface area contributed by atoms with Crippen LogP contribution in [0.5, 0.6) is 0 Å². The number of hydrogen-bond donors (Lipinski definition) is 1. The van der Waals surface area contributed by atoms with E-state index in [9.17, 15) is 23.3 Å². The molecule has 1 heterocycles. The molecular formula is C12H15F3N2O2S. The summed E-state index contributed by atoms with van der Waals surface area (Å²) in [6.07, 6.45) is -2.14. The van der Waals surface area contributed by atoms with Crippen LogP contribution in [0.2, 0.25) is 0 Å². The van der Waals surface area contributed by atoms with E-state index in [1.165, 1.54) is 6.07 Å². The van der Waals surface area contributed by atoms with E-state index >= 15 is 0 Å². The summed E-state index contributed by atoms with van der Waals surface area (Å²) >= 11 is 0.989. The molecule has 8 heteroatoms. The zero-order chi connectivity index (χ0) is 14.8. The molecule has 0 aromatic carbocycles. The predicted molar refractivity (Wildman–Crippen MR) is 69.6 cm³/mol. The summed E-state index contributed by atoms with van der Waals surface area (Å²) in [7, 11) is 0. The molecule has 0 saturated heterocycles. The molecule has 2 unspecified atom stereocenters. The number of nitrogens with one attached hydrogen (secondary N) is 1. The highest BCUT2D eigenvalue weighted by atomic mass is 32.1. The van der Waals surface area contributed by atoms with E-state index in [2.05, 4.69) is 5.32 Å². The maximum atomic E-state index is 12.9. The minimum absolute atomic E-state index is 0.0119. The smallest absolute Gasteiger partial charge is 0.309 e. The van der Waals surface area contributed by atoms with Gasteiger partial charge in [0, 0.05) is 24.0 Å². The fourth-order valence-electron chi connectivity index (χ4n) is 2.57. The maximum absolute atomic E-state index is 12.9. The molecular weight excluding hydrogens is 293 g/mol. The molecule has 2 rings (SSSR count). The average molecular weight is 308 g/mol. The third-order valence-electron chi connectivity index (χ3n) is 3.57. The number of halogens is 3. The van der Waals surface area contributed by atoms with E-state index in [4.69, 9.17) is 0 Å². The van der Waals surface area contributed by atoms with Crippen molar-refractivity contribution in [3.8, 4) is 0 Å². The van der Waals surface area contributed by atoms with Crippen molar-refractivity contribution in [1.82, 2.24) is 5.32 Å². The van der Waals surface area contributed by atoms with Crippen molar-refractivity contribution in [3.63, 3.8) is 0 Å². The standard InChI is InChI=1S/C12H15F3N2O2S/c13-12(14,15)9-3-1-2-4-10(9)16-6-8-5-11(17(18)19)20-7-8/h5,7,9-10,16H,1-4,6H2. The summed E-state index contributed by atoms with van der Waals surface area (Å²) in [4.78, 5) is 10.1. The minimum Gasteiger partial charge on any atom is -0.309 e. The van der Waals surface area contributed by atoms with E-state index in [0.29, 0.717) is 18.4 Å². The van der Waals surface area contributed by atoms with Crippen molar-refractivity contribution in [1.29, 1.82) is 0 Å². The van der Waals surface area contributed by atoms with Crippen LogP contribution in [0.4, 0.5) is 18.2 Å². The second-order valence-corrected chi connectivity index (χ2v) is 5.86. The average Bonchev–Trinajstić information content (AvgIpc) is 2.84. The van der Waals surface area contributed by atoms with Crippen LogP contribution in [-0.2, 0) is 6.54 Å². The van der Waals surface area contributed by atoms with E-state index in [0.717, 1.165) is 17.8 Å². The fourth-order valence-corrected chi connectivity index (χ4v) is 3.30. The van der Waals surface area contributed by atoms with Crippen LogP contribution in [-0.4, -0.2) is 17.1 Å².